The van der Waals surface area contributed by atoms with Crippen molar-refractivity contribution in [3.05, 3.63) is 76.8 Å². The number of halogens is 1. The molecular formula is C22H22ClNO6S2. The molecule has 0 aliphatic carbocycles. The molecule has 32 heavy (non-hydrogen) atoms. The molecule has 7 nitrogen and oxygen atoms in total. The fourth-order valence-corrected chi connectivity index (χ4v) is 7.29. The lowest BCUT2D eigenvalue weighted by Gasteiger charge is -2.37. The zero-order chi connectivity index (χ0) is 23.5. The molecule has 0 amide bonds. The Bertz CT molecular complexity index is 1130. The molecule has 0 radical (unpaired) electrons. The summed E-state index contributed by atoms with van der Waals surface area (Å²) in [6.45, 7) is 0.293. The maximum atomic E-state index is 13.6. The minimum absolute atomic E-state index is 0.127. The van der Waals surface area contributed by atoms with E-state index in [1.807, 2.05) is 0 Å². The highest BCUT2D eigenvalue weighted by Gasteiger charge is 2.50. The van der Waals surface area contributed by atoms with E-state index in [1.165, 1.54) is 6.92 Å². The molecular weight excluding hydrogens is 474 g/mol. The van der Waals surface area contributed by atoms with Gasteiger partial charge >= 0.3 is 11.9 Å². The summed E-state index contributed by atoms with van der Waals surface area (Å²) in [6.07, 6.45) is 1.71. The molecule has 1 heterocycles. The van der Waals surface area contributed by atoms with E-state index >= 15 is 0 Å². The summed E-state index contributed by atoms with van der Waals surface area (Å²) in [5, 5.41) is 20.0. The molecule has 2 aromatic carbocycles. The van der Waals surface area contributed by atoms with Crippen LogP contribution < -0.4 is 0 Å². The standard InChI is InChI=1S/C22H22ClNO6S2/c1-22(21(27)28,13-15-5-3-2-4-6-15)24(14-19(25)26)32(29,30)20-12-11-18(31-20)16-7-9-17(23)10-8-16/h2-11,20H,12-14H2,1H3,(H,25,26)(H,27,28)/t20?,22-/m0/s1. The first-order valence-electron chi connectivity index (χ1n) is 9.67. The molecule has 3 rings (SSSR count). The van der Waals surface area contributed by atoms with Gasteiger partial charge in [0, 0.05) is 16.3 Å². The van der Waals surface area contributed by atoms with Crippen molar-refractivity contribution in [3.63, 3.8) is 0 Å². The summed E-state index contributed by atoms with van der Waals surface area (Å²) in [7, 11) is -4.31. The average molecular weight is 496 g/mol. The molecule has 1 aliphatic rings. The van der Waals surface area contributed by atoms with Gasteiger partial charge in [0.15, 0.2) is 0 Å². The van der Waals surface area contributed by atoms with Gasteiger partial charge in [0.05, 0.1) is 0 Å². The highest BCUT2D eigenvalue weighted by molar-refractivity contribution is 8.18. The van der Waals surface area contributed by atoms with Crippen molar-refractivity contribution in [2.45, 2.75) is 29.9 Å². The molecule has 2 atom stereocenters. The van der Waals surface area contributed by atoms with E-state index in [4.69, 9.17) is 11.6 Å². The van der Waals surface area contributed by atoms with Gasteiger partial charge in [-0.15, -0.1) is 11.8 Å². The largest absolute Gasteiger partial charge is 0.480 e. The van der Waals surface area contributed by atoms with Crippen LogP contribution in [0, 0.1) is 0 Å². The Morgan fingerprint density at radius 3 is 2.31 bits per heavy atom. The van der Waals surface area contributed by atoms with Gasteiger partial charge in [-0.1, -0.05) is 60.1 Å². The third-order valence-electron chi connectivity index (χ3n) is 5.20. The first-order valence-corrected chi connectivity index (χ1v) is 12.4. The van der Waals surface area contributed by atoms with Crippen molar-refractivity contribution in [3.8, 4) is 0 Å². The van der Waals surface area contributed by atoms with Crippen LogP contribution in [0.3, 0.4) is 0 Å². The lowest BCUT2D eigenvalue weighted by atomic mass is 9.92. The van der Waals surface area contributed by atoms with E-state index in [1.54, 1.807) is 60.7 Å². The second kappa shape index (κ2) is 9.66. The van der Waals surface area contributed by atoms with Crippen molar-refractivity contribution in [1.82, 2.24) is 4.31 Å². The summed E-state index contributed by atoms with van der Waals surface area (Å²) < 4.78 is 26.7. The number of carboxylic acid groups (broad SMARTS) is 2. The van der Waals surface area contributed by atoms with Gasteiger partial charge in [-0.3, -0.25) is 9.59 Å². The fraction of sp³-hybridized carbons (Fsp3) is 0.273. The number of aliphatic carboxylic acids is 2. The van der Waals surface area contributed by atoms with Crippen LogP contribution in [0.1, 0.15) is 24.5 Å². The molecule has 170 valence electrons. The number of benzene rings is 2. The van der Waals surface area contributed by atoms with E-state index in [-0.39, 0.29) is 12.8 Å². The summed E-state index contributed by atoms with van der Waals surface area (Å²) in [4.78, 5) is 24.6. The van der Waals surface area contributed by atoms with Crippen molar-refractivity contribution in [2.75, 3.05) is 6.54 Å². The SMILES string of the molecule is C[C@](Cc1ccccc1)(C(=O)O)N(CC(=O)O)S(=O)(=O)C1CC=C(c2ccc(Cl)cc2)S1. The van der Waals surface area contributed by atoms with Crippen LogP contribution in [0.2, 0.25) is 5.02 Å². The predicted molar refractivity (Wildman–Crippen MR) is 125 cm³/mol. The van der Waals surface area contributed by atoms with E-state index in [0.717, 1.165) is 17.3 Å². The smallest absolute Gasteiger partial charge is 0.325 e. The molecule has 0 aromatic heterocycles. The number of thioether (sulfide) groups is 1. The van der Waals surface area contributed by atoms with E-state index in [9.17, 15) is 28.2 Å². The zero-order valence-electron chi connectivity index (χ0n) is 17.1. The molecule has 0 bridgehead atoms. The number of nitrogens with zero attached hydrogens (tertiary/aromatic N) is 1. The molecule has 0 fully saturated rings. The van der Waals surface area contributed by atoms with Crippen LogP contribution in [-0.2, 0) is 26.0 Å². The Kier molecular flexibility index (Phi) is 7.34. The second-order valence-corrected chi connectivity index (χ2v) is 11.6. The van der Waals surface area contributed by atoms with Crippen LogP contribution in [0.4, 0.5) is 0 Å². The molecule has 0 saturated heterocycles. The molecule has 0 spiro atoms. The number of sulfonamides is 1. The van der Waals surface area contributed by atoms with Crippen molar-refractivity contribution >= 4 is 50.2 Å². The first-order chi connectivity index (χ1) is 15.0. The maximum Gasteiger partial charge on any atom is 0.325 e. The number of hydrogen-bond donors (Lipinski definition) is 2. The van der Waals surface area contributed by atoms with Crippen molar-refractivity contribution in [1.29, 1.82) is 0 Å². The molecule has 1 aliphatic heterocycles. The highest BCUT2D eigenvalue weighted by Crippen LogP contribution is 2.44. The van der Waals surface area contributed by atoms with Gasteiger partial charge in [-0.25, -0.2) is 8.42 Å². The lowest BCUT2D eigenvalue weighted by Crippen LogP contribution is -2.59. The summed E-state index contributed by atoms with van der Waals surface area (Å²) >= 11 is 6.98. The van der Waals surface area contributed by atoms with Crippen LogP contribution in [-0.4, -0.2) is 51.5 Å². The molecule has 0 saturated carbocycles. The van der Waals surface area contributed by atoms with Gasteiger partial charge in [-0.05, 0) is 36.6 Å². The van der Waals surface area contributed by atoms with Gasteiger partial charge in [0.2, 0.25) is 10.0 Å². The minimum atomic E-state index is -4.31. The van der Waals surface area contributed by atoms with Gasteiger partial charge < -0.3 is 10.2 Å². The third kappa shape index (κ3) is 5.17. The van der Waals surface area contributed by atoms with E-state index in [2.05, 4.69) is 0 Å². The third-order valence-corrected chi connectivity index (χ3v) is 9.59. The monoisotopic (exact) mass is 495 g/mol. The van der Waals surface area contributed by atoms with Crippen LogP contribution in [0.25, 0.3) is 4.91 Å². The Labute approximate surface area is 195 Å². The van der Waals surface area contributed by atoms with Crippen LogP contribution >= 0.6 is 23.4 Å². The Balaban J connectivity index is 1.94. The normalized spacial score (nSPS) is 18.2. The number of allylic oxidation sites excluding steroid dienone is 1. The van der Waals surface area contributed by atoms with E-state index in [0.29, 0.717) is 19.8 Å². The lowest BCUT2D eigenvalue weighted by molar-refractivity contribution is -0.149. The molecule has 2 N–H and O–H groups in total. The molecule has 1 unspecified atom stereocenters. The Hall–Kier alpha value is -2.33. The predicted octanol–water partition coefficient (Wildman–Crippen LogP) is 3.95. The highest BCUT2D eigenvalue weighted by atomic mass is 35.5. The topological polar surface area (TPSA) is 112 Å². The number of carboxylic acids is 2. The van der Waals surface area contributed by atoms with Gasteiger partial charge in [-0.2, -0.15) is 4.31 Å². The summed E-state index contributed by atoms with van der Waals surface area (Å²) in [5.74, 6) is -2.84. The van der Waals surface area contributed by atoms with Crippen molar-refractivity contribution in [2.24, 2.45) is 0 Å². The minimum Gasteiger partial charge on any atom is -0.480 e. The molecule has 10 heteroatoms. The van der Waals surface area contributed by atoms with E-state index < -0.39 is 38.6 Å². The molecule has 2 aromatic rings. The maximum absolute atomic E-state index is 13.6. The number of hydrogen-bond acceptors (Lipinski definition) is 5. The number of carbonyl (C=O) groups is 2. The second-order valence-electron chi connectivity index (χ2n) is 7.55. The van der Waals surface area contributed by atoms with Crippen molar-refractivity contribution < 1.29 is 28.2 Å². The first kappa shape index (κ1) is 24.3. The van der Waals surface area contributed by atoms with Crippen LogP contribution in [0.15, 0.2) is 60.7 Å². The fourth-order valence-electron chi connectivity index (χ4n) is 3.50. The van der Waals surface area contributed by atoms with Gasteiger partial charge in [0.1, 0.15) is 16.7 Å². The summed E-state index contributed by atoms with van der Waals surface area (Å²) in [6, 6.07) is 15.5. The number of rotatable bonds is 9. The quantitative estimate of drug-likeness (QED) is 0.541. The summed E-state index contributed by atoms with van der Waals surface area (Å²) in [5.41, 5.74) is -0.614. The Morgan fingerprint density at radius 2 is 1.75 bits per heavy atom. The van der Waals surface area contributed by atoms with Crippen LogP contribution in [0.5, 0.6) is 0 Å². The average Bonchev–Trinajstić information content (AvgIpc) is 3.24. The Morgan fingerprint density at radius 1 is 1.12 bits per heavy atom. The zero-order valence-corrected chi connectivity index (χ0v) is 19.5. The van der Waals surface area contributed by atoms with Gasteiger partial charge in [0.25, 0.3) is 0 Å².